The lowest BCUT2D eigenvalue weighted by molar-refractivity contribution is 0.328. The second-order valence-corrected chi connectivity index (χ2v) is 7.04. The number of rotatable bonds is 3. The Morgan fingerprint density at radius 2 is 2.05 bits per heavy atom. The van der Waals surface area contributed by atoms with Crippen molar-refractivity contribution in [2.75, 3.05) is 13.7 Å². The lowest BCUT2D eigenvalue weighted by Gasteiger charge is -2.20. The molecule has 4 heteroatoms. The third kappa shape index (κ3) is 2.71. The minimum Gasteiger partial charge on any atom is -0.496 e. The molecular formula is C17H16Br2O2. The molecule has 3 rings (SSSR count). The molecule has 21 heavy (non-hydrogen) atoms. The fourth-order valence-corrected chi connectivity index (χ4v) is 3.87. The molecular weight excluding hydrogens is 396 g/mol. The second-order valence-electron chi connectivity index (χ2n) is 5.20. The van der Waals surface area contributed by atoms with Crippen LogP contribution in [0, 0.1) is 6.92 Å². The van der Waals surface area contributed by atoms with Gasteiger partial charge in [0.2, 0.25) is 0 Å². The third-order valence-corrected chi connectivity index (χ3v) is 5.88. The highest BCUT2D eigenvalue weighted by molar-refractivity contribution is 9.10. The molecule has 0 N–H and O–H groups in total. The number of para-hydroxylation sites is 1. The van der Waals surface area contributed by atoms with E-state index in [1.54, 1.807) is 7.11 Å². The Balaban J connectivity index is 2.00. The molecule has 2 aromatic rings. The molecule has 0 aromatic heterocycles. The van der Waals surface area contributed by atoms with Crippen molar-refractivity contribution in [1.82, 2.24) is 0 Å². The summed E-state index contributed by atoms with van der Waals surface area (Å²) in [4.78, 5) is 0.146. The van der Waals surface area contributed by atoms with Crippen molar-refractivity contribution in [2.45, 2.75) is 17.7 Å². The highest BCUT2D eigenvalue weighted by Crippen LogP contribution is 2.48. The van der Waals surface area contributed by atoms with Gasteiger partial charge in [-0.1, -0.05) is 50.1 Å². The maximum Gasteiger partial charge on any atom is 0.123 e. The first kappa shape index (κ1) is 14.9. The van der Waals surface area contributed by atoms with E-state index in [2.05, 4.69) is 63.0 Å². The maximum atomic E-state index is 5.80. The van der Waals surface area contributed by atoms with E-state index in [0.29, 0.717) is 6.61 Å². The zero-order valence-corrected chi connectivity index (χ0v) is 15.1. The number of hydrogen-bond donors (Lipinski definition) is 0. The van der Waals surface area contributed by atoms with Crippen LogP contribution in [0.3, 0.4) is 0 Å². The Hall–Kier alpha value is -1.00. The Bertz CT molecular complexity index is 670. The fraction of sp³-hybridized carbons (Fsp3) is 0.294. The van der Waals surface area contributed by atoms with E-state index < -0.39 is 0 Å². The molecule has 1 aliphatic rings. The number of fused-ring (bicyclic) bond motifs is 1. The molecule has 0 saturated carbocycles. The number of aryl methyl sites for hydroxylation is 1. The Kier molecular flexibility index (Phi) is 4.27. The zero-order chi connectivity index (χ0) is 15.0. The van der Waals surface area contributed by atoms with Crippen molar-refractivity contribution in [3.63, 3.8) is 0 Å². The quantitative estimate of drug-likeness (QED) is 0.631. The summed E-state index contributed by atoms with van der Waals surface area (Å²) >= 11 is 7.46. The first-order valence-electron chi connectivity index (χ1n) is 6.81. The summed E-state index contributed by atoms with van der Waals surface area (Å²) in [6, 6.07) is 12.4. The van der Waals surface area contributed by atoms with Gasteiger partial charge in [0, 0.05) is 21.5 Å². The smallest absolute Gasteiger partial charge is 0.123 e. The number of benzene rings is 2. The van der Waals surface area contributed by atoms with Crippen LogP contribution in [0.1, 0.15) is 27.4 Å². The summed E-state index contributed by atoms with van der Waals surface area (Å²) in [6.07, 6.45) is 0. The lowest BCUT2D eigenvalue weighted by atomic mass is 9.92. The predicted octanol–water partition coefficient (Wildman–Crippen LogP) is 5.38. The van der Waals surface area contributed by atoms with E-state index in [9.17, 15) is 0 Å². The van der Waals surface area contributed by atoms with Crippen LogP contribution in [0.15, 0.2) is 40.9 Å². The monoisotopic (exact) mass is 410 g/mol. The number of hydrogen-bond acceptors (Lipinski definition) is 2. The number of alkyl halides is 1. The van der Waals surface area contributed by atoms with Crippen molar-refractivity contribution in [3.8, 4) is 11.5 Å². The molecule has 0 radical (unpaired) electrons. The summed E-state index contributed by atoms with van der Waals surface area (Å²) in [5.41, 5.74) is 3.55. The van der Waals surface area contributed by atoms with E-state index >= 15 is 0 Å². The van der Waals surface area contributed by atoms with Crippen LogP contribution in [0.4, 0.5) is 0 Å². The van der Waals surface area contributed by atoms with Gasteiger partial charge in [-0.2, -0.15) is 0 Å². The molecule has 2 atom stereocenters. The second kappa shape index (κ2) is 6.01. The predicted molar refractivity (Wildman–Crippen MR) is 91.8 cm³/mol. The summed E-state index contributed by atoms with van der Waals surface area (Å²) in [7, 11) is 1.71. The van der Waals surface area contributed by atoms with Crippen LogP contribution in [0.25, 0.3) is 0 Å². The number of methoxy groups -OCH3 is 1. The highest BCUT2D eigenvalue weighted by atomic mass is 79.9. The van der Waals surface area contributed by atoms with Crippen LogP contribution in [0.2, 0.25) is 0 Å². The Labute approximate surface area is 141 Å². The molecule has 1 heterocycles. The van der Waals surface area contributed by atoms with Crippen LogP contribution >= 0.6 is 31.9 Å². The van der Waals surface area contributed by atoms with Crippen LogP contribution in [-0.4, -0.2) is 13.7 Å². The first-order chi connectivity index (χ1) is 10.1. The van der Waals surface area contributed by atoms with E-state index in [1.165, 1.54) is 11.1 Å². The van der Waals surface area contributed by atoms with Crippen LogP contribution in [-0.2, 0) is 0 Å². The SMILES string of the molecule is COc1cc(C)c(Br)cc1C(Br)C1COc2ccccc21. The van der Waals surface area contributed by atoms with Gasteiger partial charge in [-0.15, -0.1) is 0 Å². The summed E-state index contributed by atoms with van der Waals surface area (Å²) in [6.45, 7) is 2.75. The number of ether oxygens (including phenoxy) is 2. The average Bonchev–Trinajstić information content (AvgIpc) is 2.92. The van der Waals surface area contributed by atoms with E-state index in [0.717, 1.165) is 21.5 Å². The zero-order valence-electron chi connectivity index (χ0n) is 11.9. The average molecular weight is 412 g/mol. The van der Waals surface area contributed by atoms with E-state index in [-0.39, 0.29) is 10.7 Å². The van der Waals surface area contributed by atoms with Gasteiger partial charge in [0.1, 0.15) is 11.5 Å². The van der Waals surface area contributed by atoms with Gasteiger partial charge in [0.05, 0.1) is 18.5 Å². The Morgan fingerprint density at radius 1 is 1.29 bits per heavy atom. The standard InChI is InChI=1S/C17H16Br2O2/c1-10-7-16(20-2)12(8-14(10)18)17(19)13-9-21-15-6-4-3-5-11(13)15/h3-8,13,17H,9H2,1-2H3. The Morgan fingerprint density at radius 3 is 2.81 bits per heavy atom. The highest BCUT2D eigenvalue weighted by Gasteiger charge is 2.32. The van der Waals surface area contributed by atoms with Gasteiger partial charge >= 0.3 is 0 Å². The maximum absolute atomic E-state index is 5.80. The topological polar surface area (TPSA) is 18.5 Å². The van der Waals surface area contributed by atoms with E-state index in [1.807, 2.05) is 12.1 Å². The molecule has 1 aliphatic heterocycles. The van der Waals surface area contributed by atoms with Gasteiger partial charge in [-0.25, -0.2) is 0 Å². The molecule has 0 saturated heterocycles. The molecule has 0 bridgehead atoms. The fourth-order valence-electron chi connectivity index (χ4n) is 2.71. The van der Waals surface area contributed by atoms with Crippen molar-refractivity contribution < 1.29 is 9.47 Å². The first-order valence-corrected chi connectivity index (χ1v) is 8.52. The minimum atomic E-state index is 0.146. The number of halogens is 2. The van der Waals surface area contributed by atoms with Gasteiger partial charge in [-0.3, -0.25) is 0 Å². The van der Waals surface area contributed by atoms with Crippen LogP contribution < -0.4 is 9.47 Å². The molecule has 110 valence electrons. The lowest BCUT2D eigenvalue weighted by Crippen LogP contribution is -2.09. The molecule has 0 amide bonds. The van der Waals surface area contributed by atoms with Gasteiger partial charge in [-0.05, 0) is 30.7 Å². The van der Waals surface area contributed by atoms with Crippen molar-refractivity contribution in [1.29, 1.82) is 0 Å². The third-order valence-electron chi connectivity index (χ3n) is 3.90. The normalized spacial score (nSPS) is 18.0. The van der Waals surface area contributed by atoms with Crippen LogP contribution in [0.5, 0.6) is 11.5 Å². The molecule has 2 unspecified atom stereocenters. The van der Waals surface area contributed by atoms with Gasteiger partial charge in [0.15, 0.2) is 0 Å². The minimum absolute atomic E-state index is 0.146. The molecule has 2 aromatic carbocycles. The summed E-state index contributed by atoms with van der Waals surface area (Å²) in [5, 5.41) is 0. The molecule has 0 fully saturated rings. The summed E-state index contributed by atoms with van der Waals surface area (Å²) < 4.78 is 12.4. The largest absolute Gasteiger partial charge is 0.496 e. The van der Waals surface area contributed by atoms with Crippen molar-refractivity contribution in [3.05, 3.63) is 57.6 Å². The molecule has 0 spiro atoms. The molecule has 0 aliphatic carbocycles. The summed E-state index contributed by atoms with van der Waals surface area (Å²) in [5.74, 6) is 2.17. The van der Waals surface area contributed by atoms with Gasteiger partial charge < -0.3 is 9.47 Å². The van der Waals surface area contributed by atoms with Crippen molar-refractivity contribution >= 4 is 31.9 Å². The van der Waals surface area contributed by atoms with E-state index in [4.69, 9.17) is 9.47 Å². The van der Waals surface area contributed by atoms with Crippen molar-refractivity contribution in [2.24, 2.45) is 0 Å². The molecule has 2 nitrogen and oxygen atoms in total. The van der Waals surface area contributed by atoms with Gasteiger partial charge in [0.25, 0.3) is 0 Å².